The molecule has 0 spiro atoms. The molecular formula is C33H39ClFN3O4. The fourth-order valence-corrected chi connectivity index (χ4v) is 6.23. The molecule has 2 atom stereocenters. The number of piperidine rings is 1. The number of alkyl carbamates (subject to hydrolysis) is 1. The van der Waals surface area contributed by atoms with E-state index in [4.69, 9.17) is 11.6 Å². The van der Waals surface area contributed by atoms with Crippen LogP contribution in [0.25, 0.3) is 11.1 Å². The number of methoxy groups -OCH3 is 1. The molecule has 42 heavy (non-hydrogen) atoms. The predicted octanol–water partition coefficient (Wildman–Crippen LogP) is 6.05. The topological polar surface area (TPSA) is 90.9 Å². The van der Waals surface area contributed by atoms with Crippen LogP contribution in [-0.4, -0.2) is 55.8 Å². The minimum atomic E-state index is -1.42. The number of carbonyl (C=O) groups is 2. The smallest absolute Gasteiger partial charge is 0.406 e. The number of hydrogen-bond acceptors (Lipinski definition) is 5. The highest BCUT2D eigenvalue weighted by Crippen LogP contribution is 2.46. The minimum absolute atomic E-state index is 0.0857. The Bertz CT molecular complexity index is 1380. The highest BCUT2D eigenvalue weighted by Gasteiger charge is 2.43. The van der Waals surface area contributed by atoms with Gasteiger partial charge in [-0.1, -0.05) is 41.9 Å². The monoisotopic (exact) mass is 595 g/mol. The SMILES string of the molecule is CNCc1ccc(C(=O)N2CCCC(C(O)(CCCNC(=O)OC)c3cccc(Cl)c3-c3cc(C)cc(F)c3)C2)cc1. The summed E-state index contributed by atoms with van der Waals surface area (Å²) < 4.78 is 19.2. The zero-order chi connectivity index (χ0) is 30.3. The molecule has 0 bridgehead atoms. The average molecular weight is 596 g/mol. The average Bonchev–Trinajstić information content (AvgIpc) is 2.98. The third kappa shape index (κ3) is 7.30. The first-order valence-corrected chi connectivity index (χ1v) is 14.7. The summed E-state index contributed by atoms with van der Waals surface area (Å²) in [7, 11) is 3.17. The summed E-state index contributed by atoms with van der Waals surface area (Å²) in [5.41, 5.74) is 2.71. The summed E-state index contributed by atoms with van der Waals surface area (Å²) in [6.07, 6.45) is 1.57. The van der Waals surface area contributed by atoms with Gasteiger partial charge in [-0.05, 0) is 92.2 Å². The van der Waals surface area contributed by atoms with E-state index in [-0.39, 0.29) is 24.8 Å². The van der Waals surface area contributed by atoms with E-state index in [1.807, 2.05) is 50.4 Å². The minimum Gasteiger partial charge on any atom is -0.453 e. The van der Waals surface area contributed by atoms with E-state index in [0.717, 1.165) is 11.1 Å². The number of ether oxygens (including phenoxy) is 1. The number of hydrogen-bond donors (Lipinski definition) is 3. The first-order chi connectivity index (χ1) is 20.2. The van der Waals surface area contributed by atoms with Crippen molar-refractivity contribution < 1.29 is 23.8 Å². The van der Waals surface area contributed by atoms with Crippen LogP contribution in [0.2, 0.25) is 5.02 Å². The van der Waals surface area contributed by atoms with Gasteiger partial charge in [-0.2, -0.15) is 0 Å². The molecule has 9 heteroatoms. The van der Waals surface area contributed by atoms with Crippen molar-refractivity contribution in [1.82, 2.24) is 15.5 Å². The van der Waals surface area contributed by atoms with E-state index in [0.29, 0.717) is 66.2 Å². The number of halogens is 2. The maximum absolute atomic E-state index is 14.5. The summed E-state index contributed by atoms with van der Waals surface area (Å²) >= 11 is 6.75. The second kappa shape index (κ2) is 14.1. The zero-order valence-electron chi connectivity index (χ0n) is 24.4. The highest BCUT2D eigenvalue weighted by atomic mass is 35.5. The van der Waals surface area contributed by atoms with E-state index >= 15 is 0 Å². The number of carbonyl (C=O) groups excluding carboxylic acids is 2. The molecule has 1 heterocycles. The molecule has 3 N–H and O–H groups in total. The van der Waals surface area contributed by atoms with E-state index in [1.54, 1.807) is 17.0 Å². The van der Waals surface area contributed by atoms with Gasteiger partial charge < -0.3 is 25.4 Å². The molecule has 2 unspecified atom stereocenters. The lowest BCUT2D eigenvalue weighted by Gasteiger charge is -2.44. The molecule has 3 aromatic rings. The number of aliphatic hydroxyl groups is 1. The lowest BCUT2D eigenvalue weighted by atomic mass is 9.72. The summed E-state index contributed by atoms with van der Waals surface area (Å²) in [5.74, 6) is -0.807. The van der Waals surface area contributed by atoms with Crippen molar-refractivity contribution in [2.24, 2.45) is 5.92 Å². The largest absolute Gasteiger partial charge is 0.453 e. The van der Waals surface area contributed by atoms with Gasteiger partial charge in [0.25, 0.3) is 5.91 Å². The predicted molar refractivity (Wildman–Crippen MR) is 163 cm³/mol. The van der Waals surface area contributed by atoms with Crippen LogP contribution in [0.1, 0.15) is 52.7 Å². The first kappa shape index (κ1) is 31.5. The molecule has 2 amide bonds. The summed E-state index contributed by atoms with van der Waals surface area (Å²) in [6, 6.07) is 17.6. The number of benzene rings is 3. The molecule has 0 aromatic heterocycles. The van der Waals surface area contributed by atoms with Crippen molar-refractivity contribution in [2.75, 3.05) is 33.8 Å². The van der Waals surface area contributed by atoms with Gasteiger partial charge in [0.05, 0.1) is 12.7 Å². The molecule has 3 aromatic carbocycles. The van der Waals surface area contributed by atoms with Gasteiger partial charge in [-0.25, -0.2) is 9.18 Å². The number of rotatable bonds is 10. The van der Waals surface area contributed by atoms with Crippen LogP contribution < -0.4 is 10.6 Å². The van der Waals surface area contributed by atoms with Crippen LogP contribution in [0, 0.1) is 18.7 Å². The molecular weight excluding hydrogens is 557 g/mol. The Balaban J connectivity index is 1.70. The standard InChI is InChI=1S/C33H39ClFN3O4/c1-22-17-25(19-27(35)18-22)30-28(8-4-9-29(30)34)33(41,14-6-15-37-32(40)42-3)26-7-5-16-38(21-26)31(39)24-12-10-23(11-13-24)20-36-2/h4,8-13,17-19,26,36,41H,5-7,14-16,20-21H2,1-3H3,(H,37,40). The highest BCUT2D eigenvalue weighted by molar-refractivity contribution is 6.33. The van der Waals surface area contributed by atoms with E-state index in [2.05, 4.69) is 15.4 Å². The normalized spacial score (nSPS) is 16.5. The van der Waals surface area contributed by atoms with Crippen LogP contribution in [-0.2, 0) is 16.9 Å². The van der Waals surface area contributed by atoms with Crippen LogP contribution >= 0.6 is 11.6 Å². The first-order valence-electron chi connectivity index (χ1n) is 14.3. The number of amides is 2. The molecule has 7 nitrogen and oxygen atoms in total. The second-order valence-electron chi connectivity index (χ2n) is 10.9. The van der Waals surface area contributed by atoms with Crippen molar-refractivity contribution >= 4 is 23.6 Å². The molecule has 1 aliphatic heterocycles. The lowest BCUT2D eigenvalue weighted by Crippen LogP contribution is -2.48. The van der Waals surface area contributed by atoms with E-state index in [9.17, 15) is 19.1 Å². The molecule has 4 rings (SSSR count). The number of likely N-dealkylation sites (tertiary alicyclic amines) is 1. The van der Waals surface area contributed by atoms with E-state index in [1.165, 1.54) is 19.2 Å². The Labute approximate surface area is 252 Å². The molecule has 0 radical (unpaired) electrons. The van der Waals surface area contributed by atoms with Crippen molar-refractivity contribution in [2.45, 2.75) is 44.8 Å². The number of aryl methyl sites for hydroxylation is 1. The molecule has 0 saturated carbocycles. The van der Waals surface area contributed by atoms with Gasteiger partial charge in [0.2, 0.25) is 0 Å². The van der Waals surface area contributed by atoms with Crippen LogP contribution in [0.5, 0.6) is 0 Å². The van der Waals surface area contributed by atoms with Gasteiger partial charge >= 0.3 is 6.09 Å². The molecule has 224 valence electrons. The van der Waals surface area contributed by atoms with Crippen molar-refractivity contribution in [3.63, 3.8) is 0 Å². The maximum Gasteiger partial charge on any atom is 0.406 e. The lowest BCUT2D eigenvalue weighted by molar-refractivity contribution is -0.0563. The van der Waals surface area contributed by atoms with Gasteiger partial charge in [0, 0.05) is 48.2 Å². The summed E-state index contributed by atoms with van der Waals surface area (Å²) in [4.78, 5) is 27.0. The Morgan fingerprint density at radius 2 is 1.93 bits per heavy atom. The Morgan fingerprint density at radius 3 is 2.62 bits per heavy atom. The number of nitrogens with zero attached hydrogens (tertiary/aromatic N) is 1. The summed E-state index contributed by atoms with van der Waals surface area (Å²) in [6.45, 7) is 3.73. The third-order valence-corrected chi connectivity index (χ3v) is 8.28. The van der Waals surface area contributed by atoms with Crippen LogP contribution in [0.15, 0.2) is 60.7 Å². The van der Waals surface area contributed by atoms with Crippen LogP contribution in [0.3, 0.4) is 0 Å². The quantitative estimate of drug-likeness (QED) is 0.248. The fourth-order valence-electron chi connectivity index (χ4n) is 5.94. The summed E-state index contributed by atoms with van der Waals surface area (Å²) in [5, 5.41) is 18.8. The van der Waals surface area contributed by atoms with Gasteiger partial charge in [-0.3, -0.25) is 4.79 Å². The zero-order valence-corrected chi connectivity index (χ0v) is 25.1. The van der Waals surface area contributed by atoms with Crippen LogP contribution in [0.4, 0.5) is 9.18 Å². The van der Waals surface area contributed by atoms with Gasteiger partial charge in [0.15, 0.2) is 0 Å². The second-order valence-corrected chi connectivity index (χ2v) is 11.4. The molecule has 1 saturated heterocycles. The Morgan fingerprint density at radius 1 is 1.17 bits per heavy atom. The molecule has 0 aliphatic carbocycles. The molecule has 1 fully saturated rings. The third-order valence-electron chi connectivity index (χ3n) is 7.97. The molecule has 1 aliphatic rings. The Kier molecular flexibility index (Phi) is 10.6. The van der Waals surface area contributed by atoms with Gasteiger partial charge in [0.1, 0.15) is 5.82 Å². The van der Waals surface area contributed by atoms with Crippen molar-refractivity contribution in [3.8, 4) is 11.1 Å². The van der Waals surface area contributed by atoms with Crippen molar-refractivity contribution in [3.05, 3.63) is 93.8 Å². The Hall–Kier alpha value is -3.46. The maximum atomic E-state index is 14.5. The van der Waals surface area contributed by atoms with Crippen molar-refractivity contribution in [1.29, 1.82) is 0 Å². The van der Waals surface area contributed by atoms with Gasteiger partial charge in [-0.15, -0.1) is 0 Å². The number of nitrogens with one attached hydrogen (secondary N) is 2. The fraction of sp³-hybridized carbons (Fsp3) is 0.394. The van der Waals surface area contributed by atoms with E-state index < -0.39 is 17.5 Å².